The highest BCUT2D eigenvalue weighted by molar-refractivity contribution is 14.1. The number of hydrogen-bond acceptors (Lipinski definition) is 4. The highest BCUT2D eigenvalue weighted by Gasteiger charge is 2.13. The maximum Gasteiger partial charge on any atom is 0.266 e. The summed E-state index contributed by atoms with van der Waals surface area (Å²) in [6.07, 6.45) is 1.58. The van der Waals surface area contributed by atoms with Gasteiger partial charge in [0.2, 0.25) is 0 Å². The van der Waals surface area contributed by atoms with Gasteiger partial charge in [-0.15, -0.1) is 0 Å². The average Bonchev–Trinajstić information content (AvgIpc) is 2.84. The third-order valence-corrected chi connectivity index (χ3v) is 5.85. The monoisotopic (exact) mass is 551 g/mol. The summed E-state index contributed by atoms with van der Waals surface area (Å²) in [6.45, 7) is 6.32. The number of anilines is 2. The van der Waals surface area contributed by atoms with Crippen molar-refractivity contribution in [3.05, 3.63) is 93.1 Å². The first kappa shape index (κ1) is 24.3. The number of carbonyl (C=O) groups excluding carboxylic acids is 1. The molecule has 0 unspecified atom stereocenters. The van der Waals surface area contributed by atoms with Crippen LogP contribution < -0.4 is 15.0 Å². The summed E-state index contributed by atoms with van der Waals surface area (Å²) in [5.41, 5.74) is 3.39. The minimum atomic E-state index is -0.458. The second-order valence-electron chi connectivity index (χ2n) is 7.30. The zero-order valence-electron chi connectivity index (χ0n) is 18.7. The SMILES string of the molecule is CCN(CC)c1ccc(/C=C(\C#N)C(=O)Nc2ccccc2)c(OCc2ccc(I)cc2)c1. The van der Waals surface area contributed by atoms with Crippen molar-refractivity contribution in [3.63, 3.8) is 0 Å². The number of rotatable bonds is 9. The lowest BCUT2D eigenvalue weighted by Crippen LogP contribution is -2.21. The first-order valence-electron chi connectivity index (χ1n) is 10.8. The summed E-state index contributed by atoms with van der Waals surface area (Å²) in [5.74, 6) is 0.165. The molecule has 0 spiro atoms. The van der Waals surface area contributed by atoms with Crippen LogP contribution in [0.15, 0.2) is 78.4 Å². The number of hydrogen-bond donors (Lipinski definition) is 1. The van der Waals surface area contributed by atoms with E-state index in [1.54, 1.807) is 18.2 Å². The Balaban J connectivity index is 1.91. The molecule has 1 amide bonds. The highest BCUT2D eigenvalue weighted by atomic mass is 127. The lowest BCUT2D eigenvalue weighted by Gasteiger charge is -2.22. The quantitative estimate of drug-likeness (QED) is 0.194. The second kappa shape index (κ2) is 12.1. The molecular formula is C27H26IN3O2. The summed E-state index contributed by atoms with van der Waals surface area (Å²) in [4.78, 5) is 14.9. The van der Waals surface area contributed by atoms with Gasteiger partial charge in [0.05, 0.1) is 0 Å². The number of ether oxygens (including phenoxy) is 1. The van der Waals surface area contributed by atoms with Gasteiger partial charge in [0.25, 0.3) is 5.91 Å². The molecule has 0 fully saturated rings. The van der Waals surface area contributed by atoms with E-state index in [1.807, 2.05) is 66.7 Å². The van der Waals surface area contributed by atoms with E-state index in [1.165, 1.54) is 0 Å². The van der Waals surface area contributed by atoms with E-state index >= 15 is 0 Å². The predicted molar refractivity (Wildman–Crippen MR) is 142 cm³/mol. The van der Waals surface area contributed by atoms with Gasteiger partial charge >= 0.3 is 0 Å². The van der Waals surface area contributed by atoms with Crippen molar-refractivity contribution < 1.29 is 9.53 Å². The maximum atomic E-state index is 12.7. The van der Waals surface area contributed by atoms with Crippen LogP contribution in [0.5, 0.6) is 5.75 Å². The number of benzene rings is 3. The predicted octanol–water partition coefficient (Wildman–Crippen LogP) is 6.26. The van der Waals surface area contributed by atoms with Crippen molar-refractivity contribution in [1.82, 2.24) is 0 Å². The molecule has 0 atom stereocenters. The van der Waals surface area contributed by atoms with Gasteiger partial charge in [-0.1, -0.05) is 30.3 Å². The molecule has 0 aliphatic carbocycles. The molecule has 3 rings (SSSR count). The van der Waals surface area contributed by atoms with E-state index in [-0.39, 0.29) is 5.57 Å². The van der Waals surface area contributed by atoms with Crippen molar-refractivity contribution >= 4 is 45.9 Å². The summed E-state index contributed by atoms with van der Waals surface area (Å²) < 4.78 is 7.33. The largest absolute Gasteiger partial charge is 0.488 e. The Labute approximate surface area is 208 Å². The molecular weight excluding hydrogens is 525 g/mol. The molecule has 33 heavy (non-hydrogen) atoms. The average molecular weight is 551 g/mol. The number of halogens is 1. The van der Waals surface area contributed by atoms with Crippen LogP contribution in [-0.4, -0.2) is 19.0 Å². The number of carbonyl (C=O) groups is 1. The zero-order valence-corrected chi connectivity index (χ0v) is 20.9. The number of nitrogens with zero attached hydrogens (tertiary/aromatic N) is 2. The van der Waals surface area contributed by atoms with E-state index in [4.69, 9.17) is 4.74 Å². The fraction of sp³-hybridized carbons (Fsp3) is 0.185. The standard InChI is InChI=1S/C27H26IN3O2/c1-3-31(4-2)25-15-12-21(26(17-25)33-19-20-10-13-23(28)14-11-20)16-22(18-29)27(32)30-24-8-6-5-7-9-24/h5-17H,3-4,19H2,1-2H3,(H,30,32)/b22-16+. The van der Waals surface area contributed by atoms with Gasteiger partial charge in [-0.3, -0.25) is 4.79 Å². The lowest BCUT2D eigenvalue weighted by molar-refractivity contribution is -0.112. The molecule has 3 aromatic rings. The minimum Gasteiger partial charge on any atom is -0.488 e. The van der Waals surface area contributed by atoms with E-state index < -0.39 is 5.91 Å². The van der Waals surface area contributed by atoms with E-state index in [0.29, 0.717) is 23.6 Å². The topological polar surface area (TPSA) is 65.4 Å². The zero-order chi connectivity index (χ0) is 23.6. The number of para-hydroxylation sites is 1. The van der Waals surface area contributed by atoms with Gasteiger partial charge in [0.15, 0.2) is 0 Å². The van der Waals surface area contributed by atoms with E-state index in [9.17, 15) is 10.1 Å². The van der Waals surface area contributed by atoms with Crippen LogP contribution in [0.4, 0.5) is 11.4 Å². The third kappa shape index (κ3) is 6.83. The molecule has 0 aliphatic rings. The first-order chi connectivity index (χ1) is 16.0. The van der Waals surface area contributed by atoms with Gasteiger partial charge in [-0.05, 0) is 84.5 Å². The smallest absolute Gasteiger partial charge is 0.266 e. The van der Waals surface area contributed by atoms with Crippen LogP contribution in [0.2, 0.25) is 0 Å². The summed E-state index contributed by atoms with van der Waals surface area (Å²) >= 11 is 2.27. The molecule has 0 bridgehead atoms. The van der Waals surface area contributed by atoms with Crippen LogP contribution in [0.3, 0.4) is 0 Å². The summed E-state index contributed by atoms with van der Waals surface area (Å²) in [5, 5.41) is 12.4. The molecule has 0 saturated carbocycles. The van der Waals surface area contributed by atoms with E-state index in [0.717, 1.165) is 27.9 Å². The molecule has 5 nitrogen and oxygen atoms in total. The maximum absolute atomic E-state index is 12.7. The second-order valence-corrected chi connectivity index (χ2v) is 8.55. The highest BCUT2D eigenvalue weighted by Crippen LogP contribution is 2.29. The minimum absolute atomic E-state index is 0.00792. The Bertz CT molecular complexity index is 1150. The Morgan fingerprint density at radius 2 is 1.76 bits per heavy atom. The molecule has 0 radical (unpaired) electrons. The summed E-state index contributed by atoms with van der Waals surface area (Å²) in [7, 11) is 0. The van der Waals surface area contributed by atoms with Crippen molar-refractivity contribution in [3.8, 4) is 11.8 Å². The third-order valence-electron chi connectivity index (χ3n) is 5.13. The van der Waals surface area contributed by atoms with Crippen LogP contribution in [-0.2, 0) is 11.4 Å². The Morgan fingerprint density at radius 3 is 2.39 bits per heavy atom. The fourth-order valence-electron chi connectivity index (χ4n) is 3.32. The normalized spacial score (nSPS) is 10.9. The molecule has 168 valence electrons. The number of nitriles is 1. The Kier molecular flexibility index (Phi) is 8.90. The molecule has 6 heteroatoms. The first-order valence-corrected chi connectivity index (χ1v) is 11.9. The molecule has 0 saturated heterocycles. The summed E-state index contributed by atoms with van der Waals surface area (Å²) in [6, 6.07) is 25.1. The molecule has 0 heterocycles. The lowest BCUT2D eigenvalue weighted by atomic mass is 10.1. The molecule has 0 aliphatic heterocycles. The van der Waals surface area contributed by atoms with Gasteiger partial charge in [0, 0.05) is 39.7 Å². The fourth-order valence-corrected chi connectivity index (χ4v) is 3.68. The van der Waals surface area contributed by atoms with Gasteiger partial charge in [0.1, 0.15) is 24.0 Å². The van der Waals surface area contributed by atoms with Crippen molar-refractivity contribution in [1.29, 1.82) is 5.26 Å². The Morgan fingerprint density at radius 1 is 1.06 bits per heavy atom. The van der Waals surface area contributed by atoms with E-state index in [2.05, 4.69) is 46.7 Å². The molecule has 3 aromatic carbocycles. The number of amides is 1. The van der Waals surface area contributed by atoms with Gasteiger partial charge < -0.3 is 15.0 Å². The van der Waals surface area contributed by atoms with Crippen molar-refractivity contribution in [2.45, 2.75) is 20.5 Å². The molecule has 0 aromatic heterocycles. The number of nitrogens with one attached hydrogen (secondary N) is 1. The van der Waals surface area contributed by atoms with Gasteiger partial charge in [-0.2, -0.15) is 5.26 Å². The molecule has 1 N–H and O–H groups in total. The van der Waals surface area contributed by atoms with Crippen molar-refractivity contribution in [2.24, 2.45) is 0 Å². The van der Waals surface area contributed by atoms with Crippen molar-refractivity contribution in [2.75, 3.05) is 23.3 Å². The Hall–Kier alpha value is -3.31. The van der Waals surface area contributed by atoms with Crippen LogP contribution in [0.25, 0.3) is 6.08 Å². The van der Waals surface area contributed by atoms with Crippen LogP contribution in [0.1, 0.15) is 25.0 Å². The van der Waals surface area contributed by atoms with Crippen LogP contribution in [0, 0.1) is 14.9 Å². The van der Waals surface area contributed by atoms with Gasteiger partial charge in [-0.25, -0.2) is 0 Å². The van der Waals surface area contributed by atoms with Crippen LogP contribution >= 0.6 is 22.6 Å².